The van der Waals surface area contributed by atoms with Crippen LogP contribution in [0.15, 0.2) is 49.5 Å². The second-order valence-corrected chi connectivity index (χ2v) is 9.38. The molecule has 4 rings (SSSR count). The summed E-state index contributed by atoms with van der Waals surface area (Å²) in [6.07, 6.45) is 1.56. The van der Waals surface area contributed by atoms with Crippen LogP contribution in [0.3, 0.4) is 0 Å². The molecule has 3 aromatic heterocycles. The Kier molecular flexibility index (Phi) is 5.32. The second-order valence-electron chi connectivity index (χ2n) is 7.70. The number of nitrogens with one attached hydrogen (secondary N) is 2. The third-order valence-electron chi connectivity index (χ3n) is 5.48. The van der Waals surface area contributed by atoms with Crippen molar-refractivity contribution in [2.75, 3.05) is 10.0 Å². The Labute approximate surface area is 188 Å². The smallest absolute Gasteiger partial charge is 0.332 e. The zero-order valence-corrected chi connectivity index (χ0v) is 19.4. The van der Waals surface area contributed by atoms with Crippen LogP contribution >= 0.6 is 0 Å². The monoisotopic (exact) mass is 470 g/mol. The van der Waals surface area contributed by atoms with Crippen LogP contribution < -0.4 is 21.3 Å². The van der Waals surface area contributed by atoms with Crippen molar-refractivity contribution >= 4 is 38.3 Å². The van der Waals surface area contributed by atoms with Gasteiger partial charge in [-0.25, -0.2) is 22.9 Å². The highest BCUT2D eigenvalue weighted by atomic mass is 32.2. The Balaban J connectivity index is 1.70. The van der Waals surface area contributed by atoms with Gasteiger partial charge < -0.3 is 9.84 Å². The zero-order valence-electron chi connectivity index (χ0n) is 18.6. The molecule has 0 amide bonds. The first kappa shape index (κ1) is 22.3. The van der Waals surface area contributed by atoms with E-state index in [-0.39, 0.29) is 21.8 Å². The number of fused-ring (bicyclic) bond motifs is 1. The van der Waals surface area contributed by atoms with Crippen molar-refractivity contribution in [3.8, 4) is 0 Å². The summed E-state index contributed by atoms with van der Waals surface area (Å²) in [4.78, 5) is 29.3. The van der Waals surface area contributed by atoms with E-state index in [0.717, 1.165) is 4.57 Å². The molecule has 172 valence electrons. The van der Waals surface area contributed by atoms with Crippen LogP contribution in [0.2, 0.25) is 0 Å². The predicted octanol–water partition coefficient (Wildman–Crippen LogP) is 2.09. The average molecular weight is 471 g/mol. The highest BCUT2D eigenvalue weighted by Gasteiger charge is 2.20. The van der Waals surface area contributed by atoms with E-state index in [2.05, 4.69) is 20.2 Å². The number of sulfonamides is 1. The fourth-order valence-corrected chi connectivity index (χ4v) is 4.38. The van der Waals surface area contributed by atoms with Gasteiger partial charge in [0.1, 0.15) is 5.39 Å². The molecule has 3 heterocycles. The zero-order chi connectivity index (χ0) is 24.1. The molecule has 1 aromatic carbocycles. The summed E-state index contributed by atoms with van der Waals surface area (Å²) in [6.45, 7) is 5.20. The standard InChI is InChI=1S/C21H22N6O5S/c1-11-10-22-18-16(20(28)27(5)21(29)26(18)4)17(11)23-14-6-8-15(9-7-14)33(30,31)25-19-12(2)13(3)24-32-19/h6-10,25H,1-5H3,(H,22,23). The Morgan fingerprint density at radius 1 is 1.00 bits per heavy atom. The molecule has 2 N–H and O–H groups in total. The van der Waals surface area contributed by atoms with E-state index in [1.54, 1.807) is 46.1 Å². The molecule has 4 aromatic rings. The summed E-state index contributed by atoms with van der Waals surface area (Å²) < 4.78 is 35.2. The first-order valence-electron chi connectivity index (χ1n) is 9.89. The normalized spacial score (nSPS) is 11.7. The molecule has 0 radical (unpaired) electrons. The van der Waals surface area contributed by atoms with Crippen LogP contribution in [-0.2, 0) is 24.1 Å². The van der Waals surface area contributed by atoms with Gasteiger partial charge in [0.15, 0.2) is 5.65 Å². The lowest BCUT2D eigenvalue weighted by Gasteiger charge is -2.15. The molecule has 0 atom stereocenters. The number of aryl methyl sites for hydroxylation is 3. The summed E-state index contributed by atoms with van der Waals surface area (Å²) in [7, 11) is -0.945. The topological polar surface area (TPSA) is 141 Å². The quantitative estimate of drug-likeness (QED) is 0.452. The number of benzene rings is 1. The first-order chi connectivity index (χ1) is 15.5. The van der Waals surface area contributed by atoms with Gasteiger partial charge in [0, 0.05) is 31.5 Å². The minimum absolute atomic E-state index is 0.0242. The molecule has 0 unspecified atom stereocenters. The average Bonchev–Trinajstić information content (AvgIpc) is 3.09. The Morgan fingerprint density at radius 2 is 1.67 bits per heavy atom. The van der Waals surface area contributed by atoms with Crippen LogP contribution in [0.1, 0.15) is 16.8 Å². The Morgan fingerprint density at radius 3 is 2.27 bits per heavy atom. The van der Waals surface area contributed by atoms with E-state index in [0.29, 0.717) is 28.2 Å². The highest BCUT2D eigenvalue weighted by Crippen LogP contribution is 2.27. The van der Waals surface area contributed by atoms with E-state index in [1.165, 1.54) is 23.7 Å². The molecule has 12 heteroatoms. The predicted molar refractivity (Wildman–Crippen MR) is 123 cm³/mol. The fourth-order valence-electron chi connectivity index (χ4n) is 3.34. The summed E-state index contributed by atoms with van der Waals surface area (Å²) >= 11 is 0. The molecule has 0 aliphatic rings. The van der Waals surface area contributed by atoms with Crippen molar-refractivity contribution < 1.29 is 12.9 Å². The first-order valence-corrected chi connectivity index (χ1v) is 11.4. The molecule has 11 nitrogen and oxygen atoms in total. The molecule has 0 aliphatic carbocycles. The SMILES string of the molecule is Cc1cnc2c(c1Nc1ccc(S(=O)(=O)Nc3onc(C)c3C)cc1)c(=O)n(C)c(=O)n2C. The lowest BCUT2D eigenvalue weighted by Crippen LogP contribution is -2.37. The van der Waals surface area contributed by atoms with Gasteiger partial charge in [-0.2, -0.15) is 0 Å². The van der Waals surface area contributed by atoms with E-state index >= 15 is 0 Å². The van der Waals surface area contributed by atoms with E-state index < -0.39 is 21.3 Å². The van der Waals surface area contributed by atoms with Crippen molar-refractivity contribution in [3.63, 3.8) is 0 Å². The molecule has 0 spiro atoms. The van der Waals surface area contributed by atoms with Gasteiger partial charge in [0.2, 0.25) is 5.88 Å². The minimum Gasteiger partial charge on any atom is -0.354 e. The van der Waals surface area contributed by atoms with E-state index in [4.69, 9.17) is 4.52 Å². The van der Waals surface area contributed by atoms with Crippen LogP contribution in [0.5, 0.6) is 0 Å². The maximum absolute atomic E-state index is 12.8. The van der Waals surface area contributed by atoms with Crippen molar-refractivity contribution in [1.82, 2.24) is 19.3 Å². The van der Waals surface area contributed by atoms with Crippen LogP contribution in [0, 0.1) is 20.8 Å². The summed E-state index contributed by atoms with van der Waals surface area (Å²) in [5.74, 6) is 0.0649. The maximum atomic E-state index is 12.8. The maximum Gasteiger partial charge on any atom is 0.332 e. The molecule has 0 bridgehead atoms. The lowest BCUT2D eigenvalue weighted by atomic mass is 10.1. The molecule has 0 saturated carbocycles. The third kappa shape index (κ3) is 3.78. The fraction of sp³-hybridized carbons (Fsp3) is 0.238. The van der Waals surface area contributed by atoms with Gasteiger partial charge in [-0.15, -0.1) is 0 Å². The molecule has 33 heavy (non-hydrogen) atoms. The Bertz CT molecular complexity index is 1610. The summed E-state index contributed by atoms with van der Waals surface area (Å²) in [5, 5.41) is 7.16. The number of aromatic nitrogens is 4. The van der Waals surface area contributed by atoms with Gasteiger partial charge in [0.25, 0.3) is 15.6 Å². The number of rotatable bonds is 5. The second kappa shape index (κ2) is 7.89. The minimum atomic E-state index is -3.89. The number of hydrogen-bond donors (Lipinski definition) is 2. The molecular weight excluding hydrogens is 448 g/mol. The summed E-state index contributed by atoms with van der Waals surface area (Å²) in [5.41, 5.74) is 2.21. The number of nitrogens with zero attached hydrogens (tertiary/aromatic N) is 4. The number of anilines is 3. The van der Waals surface area contributed by atoms with Crippen LogP contribution in [0.4, 0.5) is 17.3 Å². The van der Waals surface area contributed by atoms with Crippen LogP contribution in [-0.4, -0.2) is 27.7 Å². The van der Waals surface area contributed by atoms with Gasteiger partial charge in [-0.3, -0.25) is 13.9 Å². The highest BCUT2D eigenvalue weighted by molar-refractivity contribution is 7.92. The third-order valence-corrected chi connectivity index (χ3v) is 6.82. The van der Waals surface area contributed by atoms with Crippen molar-refractivity contribution in [1.29, 1.82) is 0 Å². The molecule has 0 fully saturated rings. The van der Waals surface area contributed by atoms with Crippen molar-refractivity contribution in [3.05, 3.63) is 68.1 Å². The molecule has 0 aliphatic heterocycles. The van der Waals surface area contributed by atoms with Gasteiger partial charge in [-0.05, 0) is 50.6 Å². The molecular formula is C21H22N6O5S. The Hall–Kier alpha value is -3.93. The largest absolute Gasteiger partial charge is 0.354 e. The van der Waals surface area contributed by atoms with Gasteiger partial charge in [0.05, 0.1) is 16.3 Å². The van der Waals surface area contributed by atoms with Gasteiger partial charge >= 0.3 is 5.69 Å². The van der Waals surface area contributed by atoms with Gasteiger partial charge in [-0.1, -0.05) is 5.16 Å². The van der Waals surface area contributed by atoms with Crippen molar-refractivity contribution in [2.45, 2.75) is 25.7 Å². The summed E-state index contributed by atoms with van der Waals surface area (Å²) in [6, 6.07) is 6.00. The van der Waals surface area contributed by atoms with E-state index in [1.807, 2.05) is 0 Å². The van der Waals surface area contributed by atoms with Crippen LogP contribution in [0.25, 0.3) is 11.0 Å². The van der Waals surface area contributed by atoms with Crippen molar-refractivity contribution in [2.24, 2.45) is 14.1 Å². The number of pyridine rings is 1. The van der Waals surface area contributed by atoms with E-state index in [9.17, 15) is 18.0 Å². The lowest BCUT2D eigenvalue weighted by molar-refractivity contribution is 0.430. The number of hydrogen-bond acceptors (Lipinski definition) is 8. The molecule has 0 saturated heterocycles.